The van der Waals surface area contributed by atoms with Gasteiger partial charge in [-0.1, -0.05) is 18.5 Å². The van der Waals surface area contributed by atoms with Crippen LogP contribution in [0.3, 0.4) is 0 Å². The summed E-state index contributed by atoms with van der Waals surface area (Å²) in [6.07, 6.45) is 1.72. The minimum Gasteiger partial charge on any atom is -0.382 e. The van der Waals surface area contributed by atoms with E-state index in [1.165, 1.54) is 0 Å². The Bertz CT molecular complexity index is 588. The summed E-state index contributed by atoms with van der Waals surface area (Å²) < 4.78 is 3.53. The van der Waals surface area contributed by atoms with Gasteiger partial charge < -0.3 is 5.11 Å². The van der Waals surface area contributed by atoms with Crippen molar-refractivity contribution >= 4 is 11.6 Å². The van der Waals surface area contributed by atoms with Gasteiger partial charge in [-0.3, -0.25) is 9.36 Å². The zero-order valence-electron chi connectivity index (χ0n) is 11.7. The number of halogens is 1. The Labute approximate surface area is 117 Å². The molecule has 0 saturated heterocycles. The Hall–Kier alpha value is -1.33. The van der Waals surface area contributed by atoms with E-state index in [0.29, 0.717) is 10.7 Å². The second kappa shape index (κ2) is 5.35. The van der Waals surface area contributed by atoms with Crippen molar-refractivity contribution in [3.05, 3.63) is 33.9 Å². The van der Waals surface area contributed by atoms with Crippen LogP contribution in [0.1, 0.15) is 42.1 Å². The van der Waals surface area contributed by atoms with Gasteiger partial charge in [-0.05, 0) is 20.3 Å². The van der Waals surface area contributed by atoms with Crippen LogP contribution in [0.25, 0.3) is 0 Å². The number of nitrogens with zero attached hydrogens (tertiary/aromatic N) is 4. The molecular formula is C13H19ClN4O. The Morgan fingerprint density at radius 3 is 2.63 bits per heavy atom. The number of aromatic nitrogens is 4. The fourth-order valence-corrected chi connectivity index (χ4v) is 2.60. The molecule has 5 nitrogen and oxygen atoms in total. The molecule has 1 atom stereocenters. The van der Waals surface area contributed by atoms with Gasteiger partial charge in [-0.15, -0.1) is 0 Å². The number of hydrogen-bond donors (Lipinski definition) is 1. The summed E-state index contributed by atoms with van der Waals surface area (Å²) in [5.41, 5.74) is 3.20. The molecule has 0 spiro atoms. The summed E-state index contributed by atoms with van der Waals surface area (Å²) in [5.74, 6) is 0. The molecule has 0 bridgehead atoms. The SMILES string of the molecule is CCCn1ncc(Cl)c1C(O)c1c(C)nn(C)c1C. The molecule has 1 unspecified atom stereocenters. The van der Waals surface area contributed by atoms with E-state index in [-0.39, 0.29) is 0 Å². The average Bonchev–Trinajstić information content (AvgIpc) is 2.81. The molecule has 2 aromatic rings. The lowest BCUT2D eigenvalue weighted by Crippen LogP contribution is -2.12. The first-order valence-corrected chi connectivity index (χ1v) is 6.74. The molecule has 19 heavy (non-hydrogen) atoms. The molecule has 2 aromatic heterocycles. The Kier molecular flexibility index (Phi) is 3.96. The topological polar surface area (TPSA) is 55.9 Å². The number of hydrogen-bond acceptors (Lipinski definition) is 3. The van der Waals surface area contributed by atoms with E-state index in [1.54, 1.807) is 15.6 Å². The fraction of sp³-hybridized carbons (Fsp3) is 0.538. The predicted octanol–water partition coefficient (Wildman–Crippen LogP) is 2.38. The summed E-state index contributed by atoms with van der Waals surface area (Å²) in [6.45, 7) is 6.62. The van der Waals surface area contributed by atoms with Gasteiger partial charge in [0.05, 0.1) is 22.6 Å². The van der Waals surface area contributed by atoms with Crippen LogP contribution in [0.5, 0.6) is 0 Å². The van der Waals surface area contributed by atoms with E-state index in [9.17, 15) is 5.11 Å². The minimum atomic E-state index is -0.796. The number of aliphatic hydroxyl groups excluding tert-OH is 1. The quantitative estimate of drug-likeness (QED) is 0.937. The van der Waals surface area contributed by atoms with Crippen molar-refractivity contribution in [2.75, 3.05) is 0 Å². The summed E-state index contributed by atoms with van der Waals surface area (Å²) >= 11 is 6.17. The van der Waals surface area contributed by atoms with Gasteiger partial charge in [0.25, 0.3) is 0 Å². The van der Waals surface area contributed by atoms with Crippen LogP contribution in [0.15, 0.2) is 6.20 Å². The number of aryl methyl sites for hydroxylation is 3. The lowest BCUT2D eigenvalue weighted by atomic mass is 10.0. The first kappa shape index (κ1) is 14.1. The number of aliphatic hydroxyl groups is 1. The maximum Gasteiger partial charge on any atom is 0.126 e. The third kappa shape index (κ3) is 2.40. The average molecular weight is 283 g/mol. The molecule has 0 fully saturated rings. The second-order valence-corrected chi connectivity index (χ2v) is 5.12. The van der Waals surface area contributed by atoms with Gasteiger partial charge in [-0.2, -0.15) is 10.2 Å². The molecule has 2 heterocycles. The Balaban J connectivity index is 2.49. The molecule has 0 saturated carbocycles. The molecule has 0 aliphatic rings. The van der Waals surface area contributed by atoms with Gasteiger partial charge in [0, 0.05) is 24.8 Å². The smallest absolute Gasteiger partial charge is 0.126 e. The van der Waals surface area contributed by atoms with E-state index in [1.807, 2.05) is 20.9 Å². The van der Waals surface area contributed by atoms with E-state index in [2.05, 4.69) is 17.1 Å². The molecule has 0 aliphatic carbocycles. The Morgan fingerprint density at radius 2 is 2.11 bits per heavy atom. The highest BCUT2D eigenvalue weighted by molar-refractivity contribution is 6.31. The molecule has 2 rings (SSSR count). The van der Waals surface area contributed by atoms with Gasteiger partial charge >= 0.3 is 0 Å². The van der Waals surface area contributed by atoms with Crippen molar-refractivity contribution in [2.45, 2.75) is 39.8 Å². The van der Waals surface area contributed by atoms with Crippen molar-refractivity contribution < 1.29 is 5.11 Å². The maximum absolute atomic E-state index is 10.6. The van der Waals surface area contributed by atoms with Crippen LogP contribution < -0.4 is 0 Å². The van der Waals surface area contributed by atoms with Crippen LogP contribution in [0, 0.1) is 13.8 Å². The van der Waals surface area contributed by atoms with E-state index in [4.69, 9.17) is 11.6 Å². The lowest BCUT2D eigenvalue weighted by molar-refractivity contribution is 0.206. The van der Waals surface area contributed by atoms with Crippen molar-refractivity contribution in [3.8, 4) is 0 Å². The monoisotopic (exact) mass is 282 g/mol. The maximum atomic E-state index is 10.6. The molecule has 0 amide bonds. The van der Waals surface area contributed by atoms with Crippen LogP contribution in [0.4, 0.5) is 0 Å². The normalized spacial score (nSPS) is 12.9. The van der Waals surface area contributed by atoms with Gasteiger partial charge in [-0.25, -0.2) is 0 Å². The highest BCUT2D eigenvalue weighted by Gasteiger charge is 2.25. The Morgan fingerprint density at radius 1 is 1.42 bits per heavy atom. The van der Waals surface area contributed by atoms with Crippen LogP contribution >= 0.6 is 11.6 Å². The molecule has 0 aliphatic heterocycles. The third-order valence-electron chi connectivity index (χ3n) is 3.37. The zero-order valence-corrected chi connectivity index (χ0v) is 12.4. The molecule has 0 aromatic carbocycles. The minimum absolute atomic E-state index is 0.489. The van der Waals surface area contributed by atoms with E-state index in [0.717, 1.165) is 29.9 Å². The predicted molar refractivity (Wildman–Crippen MR) is 74.3 cm³/mol. The number of rotatable bonds is 4. The summed E-state index contributed by atoms with van der Waals surface area (Å²) in [7, 11) is 1.86. The van der Waals surface area contributed by atoms with E-state index < -0.39 is 6.10 Å². The summed E-state index contributed by atoms with van der Waals surface area (Å²) in [5, 5.41) is 19.7. The summed E-state index contributed by atoms with van der Waals surface area (Å²) in [6, 6.07) is 0. The highest BCUT2D eigenvalue weighted by Crippen LogP contribution is 2.31. The molecule has 104 valence electrons. The van der Waals surface area contributed by atoms with Crippen molar-refractivity contribution in [1.29, 1.82) is 0 Å². The molecule has 0 radical (unpaired) electrons. The lowest BCUT2D eigenvalue weighted by Gasteiger charge is -2.14. The fourth-order valence-electron chi connectivity index (χ4n) is 2.36. The van der Waals surface area contributed by atoms with Crippen molar-refractivity contribution in [2.24, 2.45) is 7.05 Å². The van der Waals surface area contributed by atoms with Gasteiger partial charge in [0.2, 0.25) is 0 Å². The molecular weight excluding hydrogens is 264 g/mol. The largest absolute Gasteiger partial charge is 0.382 e. The van der Waals surface area contributed by atoms with Crippen LogP contribution in [-0.4, -0.2) is 24.7 Å². The van der Waals surface area contributed by atoms with Crippen LogP contribution in [-0.2, 0) is 13.6 Å². The van der Waals surface area contributed by atoms with E-state index >= 15 is 0 Å². The molecule has 6 heteroatoms. The third-order valence-corrected chi connectivity index (χ3v) is 3.66. The van der Waals surface area contributed by atoms with Crippen molar-refractivity contribution in [3.63, 3.8) is 0 Å². The summed E-state index contributed by atoms with van der Waals surface area (Å²) in [4.78, 5) is 0. The zero-order chi connectivity index (χ0) is 14.2. The standard InChI is InChI=1S/C13H19ClN4O/c1-5-6-18-12(10(14)7-15-18)13(19)11-8(2)16-17(4)9(11)3/h7,13,19H,5-6H2,1-4H3. The molecule has 1 N–H and O–H groups in total. The highest BCUT2D eigenvalue weighted by atomic mass is 35.5. The van der Waals surface area contributed by atoms with Gasteiger partial charge in [0.15, 0.2) is 0 Å². The first-order valence-electron chi connectivity index (χ1n) is 6.36. The van der Waals surface area contributed by atoms with Crippen molar-refractivity contribution in [1.82, 2.24) is 19.6 Å². The van der Waals surface area contributed by atoms with Gasteiger partial charge in [0.1, 0.15) is 6.10 Å². The van der Waals surface area contributed by atoms with Crippen LogP contribution in [0.2, 0.25) is 5.02 Å². The second-order valence-electron chi connectivity index (χ2n) is 4.71. The first-order chi connectivity index (χ1) is 8.97.